The van der Waals surface area contributed by atoms with E-state index in [-0.39, 0.29) is 0 Å². The van der Waals surface area contributed by atoms with Crippen molar-refractivity contribution in [2.24, 2.45) is 7.05 Å². The highest BCUT2D eigenvalue weighted by Crippen LogP contribution is 2.18. The Kier molecular flexibility index (Phi) is 3.35. The second kappa shape index (κ2) is 4.93. The van der Waals surface area contributed by atoms with Crippen LogP contribution < -0.4 is 5.32 Å². The lowest BCUT2D eigenvalue weighted by atomic mass is 10.5. The van der Waals surface area contributed by atoms with Crippen molar-refractivity contribution >= 4 is 17.6 Å². The van der Waals surface area contributed by atoms with Gasteiger partial charge in [0, 0.05) is 19.8 Å². The van der Waals surface area contributed by atoms with Crippen LogP contribution in [0.25, 0.3) is 0 Å². The van der Waals surface area contributed by atoms with E-state index in [4.69, 9.17) is 0 Å². The molecule has 84 valence electrons. The van der Waals surface area contributed by atoms with Gasteiger partial charge in [-0.25, -0.2) is 4.98 Å². The zero-order chi connectivity index (χ0) is 11.4. The Bertz CT molecular complexity index is 451. The van der Waals surface area contributed by atoms with E-state index in [0.29, 0.717) is 0 Å². The van der Waals surface area contributed by atoms with E-state index in [9.17, 15) is 0 Å². The summed E-state index contributed by atoms with van der Waals surface area (Å²) in [5.41, 5.74) is 0.923. The van der Waals surface area contributed by atoms with Crippen molar-refractivity contribution in [2.45, 2.75) is 10.9 Å². The molecule has 0 saturated heterocycles. The normalized spacial score (nSPS) is 10.4. The average Bonchev–Trinajstić information content (AvgIpc) is 2.73. The highest BCUT2D eigenvalue weighted by atomic mass is 32.2. The topological polar surface area (TPSA) is 68.5 Å². The Labute approximate surface area is 97.5 Å². The van der Waals surface area contributed by atoms with Crippen molar-refractivity contribution in [3.05, 3.63) is 24.4 Å². The molecule has 0 radical (unpaired) electrons. The van der Waals surface area contributed by atoms with Crippen LogP contribution >= 0.6 is 11.8 Å². The van der Waals surface area contributed by atoms with E-state index in [1.807, 2.05) is 18.7 Å². The molecule has 6 nitrogen and oxygen atoms in total. The maximum Gasteiger partial charge on any atom is 0.191 e. The predicted molar refractivity (Wildman–Crippen MR) is 62.1 cm³/mol. The maximum atomic E-state index is 4.28. The molecule has 2 aromatic heterocycles. The van der Waals surface area contributed by atoms with E-state index < -0.39 is 0 Å². The molecule has 2 heterocycles. The van der Waals surface area contributed by atoms with Crippen LogP contribution in [0.3, 0.4) is 0 Å². The van der Waals surface area contributed by atoms with E-state index in [1.54, 1.807) is 30.5 Å². The van der Waals surface area contributed by atoms with Crippen molar-refractivity contribution in [3.63, 3.8) is 0 Å². The van der Waals surface area contributed by atoms with Crippen LogP contribution in [0, 0.1) is 0 Å². The van der Waals surface area contributed by atoms with Gasteiger partial charge in [-0.15, -0.1) is 10.2 Å². The first-order valence-corrected chi connectivity index (χ1v) is 5.73. The van der Waals surface area contributed by atoms with Gasteiger partial charge in [0.25, 0.3) is 0 Å². The van der Waals surface area contributed by atoms with Crippen LogP contribution in [0.15, 0.2) is 23.9 Å². The van der Waals surface area contributed by atoms with Crippen LogP contribution in [0.2, 0.25) is 0 Å². The quantitative estimate of drug-likeness (QED) is 0.797. The number of nitrogens with one attached hydrogen (secondary N) is 1. The van der Waals surface area contributed by atoms with E-state index >= 15 is 0 Å². The summed E-state index contributed by atoms with van der Waals surface area (Å²) < 4.78 is 1.88. The number of hydrogen-bond acceptors (Lipinski definition) is 6. The van der Waals surface area contributed by atoms with Crippen molar-refractivity contribution in [1.82, 2.24) is 24.7 Å². The summed E-state index contributed by atoms with van der Waals surface area (Å²) in [7, 11) is 3.73. The van der Waals surface area contributed by atoms with Gasteiger partial charge < -0.3 is 9.88 Å². The van der Waals surface area contributed by atoms with Crippen molar-refractivity contribution in [3.8, 4) is 0 Å². The smallest absolute Gasteiger partial charge is 0.191 e. The summed E-state index contributed by atoms with van der Waals surface area (Å²) in [6, 6.07) is 0. The molecule has 0 bridgehead atoms. The van der Waals surface area contributed by atoms with Crippen LogP contribution in [0.4, 0.5) is 5.82 Å². The summed E-state index contributed by atoms with van der Waals surface area (Å²) in [5, 5.41) is 11.6. The number of anilines is 1. The first kappa shape index (κ1) is 10.9. The lowest BCUT2D eigenvalue weighted by Crippen LogP contribution is -1.96. The second-order valence-electron chi connectivity index (χ2n) is 3.16. The zero-order valence-electron chi connectivity index (χ0n) is 9.08. The molecule has 0 aliphatic heterocycles. The molecule has 0 aliphatic rings. The van der Waals surface area contributed by atoms with Gasteiger partial charge in [-0.1, -0.05) is 11.8 Å². The molecular formula is C9H12N6S. The highest BCUT2D eigenvalue weighted by Gasteiger charge is 2.03. The lowest BCUT2D eigenvalue weighted by molar-refractivity contribution is 0.788. The first-order valence-electron chi connectivity index (χ1n) is 4.75. The lowest BCUT2D eigenvalue weighted by Gasteiger charge is -2.01. The fourth-order valence-corrected chi connectivity index (χ4v) is 1.88. The fourth-order valence-electron chi connectivity index (χ4n) is 1.10. The molecular weight excluding hydrogens is 224 g/mol. The number of aryl methyl sites for hydroxylation is 1. The molecule has 2 rings (SSSR count). The maximum absolute atomic E-state index is 4.28. The number of aromatic nitrogens is 5. The van der Waals surface area contributed by atoms with Gasteiger partial charge in [-0.3, -0.25) is 4.98 Å². The summed E-state index contributed by atoms with van der Waals surface area (Å²) in [6.07, 6.45) is 5.15. The number of thioether (sulfide) groups is 1. The summed E-state index contributed by atoms with van der Waals surface area (Å²) in [6.45, 7) is 0. The summed E-state index contributed by atoms with van der Waals surface area (Å²) in [5.74, 6) is 1.51. The van der Waals surface area contributed by atoms with E-state index in [1.165, 1.54) is 0 Å². The van der Waals surface area contributed by atoms with Gasteiger partial charge in [-0.2, -0.15) is 0 Å². The summed E-state index contributed by atoms with van der Waals surface area (Å²) >= 11 is 1.59. The van der Waals surface area contributed by atoms with Crippen molar-refractivity contribution in [2.75, 3.05) is 12.4 Å². The van der Waals surface area contributed by atoms with Gasteiger partial charge in [-0.05, 0) is 0 Å². The fraction of sp³-hybridized carbons (Fsp3) is 0.333. The molecule has 1 N–H and O–H groups in total. The zero-order valence-corrected chi connectivity index (χ0v) is 9.90. The first-order chi connectivity index (χ1) is 7.79. The Morgan fingerprint density at radius 2 is 2.25 bits per heavy atom. The minimum atomic E-state index is 0.740. The van der Waals surface area contributed by atoms with Crippen molar-refractivity contribution < 1.29 is 0 Å². The Hall–Kier alpha value is -1.63. The number of rotatable bonds is 4. The van der Waals surface area contributed by atoms with Crippen LogP contribution in [-0.4, -0.2) is 31.8 Å². The van der Waals surface area contributed by atoms with Gasteiger partial charge in [0.1, 0.15) is 12.1 Å². The third-order valence-electron chi connectivity index (χ3n) is 1.98. The molecule has 0 aliphatic carbocycles. The summed E-state index contributed by atoms with van der Waals surface area (Å²) in [4.78, 5) is 8.47. The third-order valence-corrected chi connectivity index (χ3v) is 3.05. The van der Waals surface area contributed by atoms with Crippen molar-refractivity contribution in [1.29, 1.82) is 0 Å². The molecule has 0 fully saturated rings. The number of hydrogen-bond donors (Lipinski definition) is 1. The van der Waals surface area contributed by atoms with Gasteiger partial charge in [0.15, 0.2) is 5.16 Å². The monoisotopic (exact) mass is 236 g/mol. The Balaban J connectivity index is 1.97. The molecule has 7 heteroatoms. The van der Waals surface area contributed by atoms with Gasteiger partial charge in [0.05, 0.1) is 18.1 Å². The SMILES string of the molecule is CNc1cnc(CSc2nncn2C)cn1. The standard InChI is InChI=1S/C9H12N6S/c1-10-8-4-11-7(3-12-8)5-16-9-14-13-6-15(9)2/h3-4,6H,5H2,1-2H3,(H,10,12). The minimum Gasteiger partial charge on any atom is -0.372 e. The highest BCUT2D eigenvalue weighted by molar-refractivity contribution is 7.98. The molecule has 2 aromatic rings. The molecule has 16 heavy (non-hydrogen) atoms. The van der Waals surface area contributed by atoms with Gasteiger partial charge >= 0.3 is 0 Å². The van der Waals surface area contributed by atoms with E-state index in [0.717, 1.165) is 22.4 Å². The molecule has 0 spiro atoms. The van der Waals surface area contributed by atoms with Crippen LogP contribution in [-0.2, 0) is 12.8 Å². The number of nitrogens with zero attached hydrogens (tertiary/aromatic N) is 5. The molecule has 0 atom stereocenters. The molecule has 0 saturated carbocycles. The molecule has 0 unspecified atom stereocenters. The average molecular weight is 236 g/mol. The Morgan fingerprint density at radius 1 is 1.38 bits per heavy atom. The molecule has 0 aromatic carbocycles. The second-order valence-corrected chi connectivity index (χ2v) is 4.10. The Morgan fingerprint density at radius 3 is 2.81 bits per heavy atom. The van der Waals surface area contributed by atoms with Crippen LogP contribution in [0.5, 0.6) is 0 Å². The third kappa shape index (κ3) is 2.48. The minimum absolute atomic E-state index is 0.740. The molecule has 0 amide bonds. The van der Waals surface area contributed by atoms with Gasteiger partial charge in [0.2, 0.25) is 0 Å². The van der Waals surface area contributed by atoms with Crippen LogP contribution in [0.1, 0.15) is 5.69 Å². The largest absolute Gasteiger partial charge is 0.372 e. The van der Waals surface area contributed by atoms with E-state index in [2.05, 4.69) is 25.5 Å². The predicted octanol–water partition coefficient (Wildman–Crippen LogP) is 0.939.